The molecule has 3 aromatic rings. The van der Waals surface area contributed by atoms with Gasteiger partial charge in [0.15, 0.2) is 0 Å². The minimum Gasteiger partial charge on any atom is -0.618 e. The van der Waals surface area contributed by atoms with Gasteiger partial charge in [-0.05, 0) is 59.7 Å². The second kappa shape index (κ2) is 8.15. The number of piperidine rings is 1. The molecular formula is C25H25BrLrN3O2-. The average molecular weight is 741 g/mol. The molecule has 5 rings (SSSR count). The number of likely N-dealkylation sites (tertiary alicyclic amines) is 1. The summed E-state index contributed by atoms with van der Waals surface area (Å²) in [7, 11) is 0. The third-order valence-electron chi connectivity index (χ3n) is 6.39. The number of rotatable bonds is 3. The van der Waals surface area contributed by atoms with E-state index < -0.39 is 0 Å². The summed E-state index contributed by atoms with van der Waals surface area (Å²) in [4.78, 5) is 23.0. The first kappa shape index (κ1) is 21.6. The summed E-state index contributed by atoms with van der Waals surface area (Å²) in [5, 5.41) is 2.34. The summed E-state index contributed by atoms with van der Waals surface area (Å²) in [6.07, 6.45) is 5.23. The molecule has 3 atom stereocenters. The number of aromatic nitrogens is 2. The van der Waals surface area contributed by atoms with Gasteiger partial charge in [-0.25, -0.2) is 9.78 Å². The third kappa shape index (κ3) is 3.64. The van der Waals surface area contributed by atoms with Gasteiger partial charge in [-0.2, -0.15) is 13.8 Å². The topological polar surface area (TPSA) is 58.2 Å². The Morgan fingerprint density at radius 3 is 2.69 bits per heavy atom. The van der Waals surface area contributed by atoms with Crippen LogP contribution < -0.4 is 0 Å². The predicted octanol–water partition coefficient (Wildman–Crippen LogP) is 6.78. The van der Waals surface area contributed by atoms with E-state index in [0.717, 1.165) is 51.8 Å². The maximum Gasteiger partial charge on any atom is 0.379 e. The predicted molar refractivity (Wildman–Crippen MR) is 125 cm³/mol. The largest absolute Gasteiger partial charge is 0.618 e. The molecule has 1 aliphatic heterocycles. The van der Waals surface area contributed by atoms with Gasteiger partial charge < -0.3 is 9.72 Å². The number of hydrogen-bond acceptors (Lipinski definition) is 3. The summed E-state index contributed by atoms with van der Waals surface area (Å²) in [5.74, 6) is 1.22. The number of nitrogens with one attached hydrogen (secondary N) is 1. The van der Waals surface area contributed by atoms with Gasteiger partial charge in [0.25, 0.3) is 0 Å². The second-order valence-electron chi connectivity index (χ2n) is 8.74. The van der Waals surface area contributed by atoms with E-state index in [1.165, 1.54) is 5.39 Å². The van der Waals surface area contributed by atoms with Gasteiger partial charge in [-0.3, -0.25) is 4.90 Å². The molecule has 2 fully saturated rings. The van der Waals surface area contributed by atoms with Crippen LogP contribution in [0, 0.1) is 12.0 Å². The fourth-order valence-electron chi connectivity index (χ4n) is 4.79. The Labute approximate surface area is 190 Å². The SMILES string of the molecule is C=C1C[C@H]2CC[C@H]2N(C(=O)O[C-](C)C)[C@@H]1c1ncc(-c2ccc3cc(Br)ccc3c2)[nH]1.[Lr]. The number of fused-ring (bicyclic) bond motifs is 2. The van der Waals surface area contributed by atoms with E-state index in [2.05, 4.69) is 62.8 Å². The van der Waals surface area contributed by atoms with Crippen LogP contribution in [0.2, 0.25) is 0 Å². The Kier molecular flexibility index (Phi) is 5.51. The van der Waals surface area contributed by atoms with Crippen molar-refractivity contribution in [2.24, 2.45) is 5.92 Å². The van der Waals surface area contributed by atoms with Gasteiger partial charge in [0.2, 0.25) is 0 Å². The van der Waals surface area contributed by atoms with E-state index in [0.29, 0.717) is 12.0 Å². The van der Waals surface area contributed by atoms with E-state index in [9.17, 15) is 4.79 Å². The molecule has 2 heterocycles. The van der Waals surface area contributed by atoms with Crippen LogP contribution >= 0.6 is 15.9 Å². The van der Waals surface area contributed by atoms with Gasteiger partial charge in [0.05, 0.1) is 11.9 Å². The average Bonchev–Trinajstić information content (AvgIpc) is 3.18. The van der Waals surface area contributed by atoms with Gasteiger partial charge in [-0.1, -0.05) is 40.7 Å². The summed E-state index contributed by atoms with van der Waals surface area (Å²) in [6, 6.07) is 12.5. The van der Waals surface area contributed by atoms with E-state index in [-0.39, 0.29) is 18.2 Å². The molecule has 7 heteroatoms. The Bertz CT molecular complexity index is 1170. The third-order valence-corrected chi connectivity index (χ3v) is 6.89. The Hall–Kier alpha value is -3.60. The number of H-pyrrole nitrogens is 1. The molecule has 5 nitrogen and oxygen atoms in total. The molecular weight excluding hydrogens is 716 g/mol. The molecule has 175 valence electrons. The number of benzene rings is 2. The van der Waals surface area contributed by atoms with Crippen LogP contribution in [0.3, 0.4) is 0 Å². The standard InChI is InChI=1S/C25H25BrN3O2.Lr/c1-14(2)31-25(30)29-22-9-7-19(22)10-15(3)23(29)24-27-13-21(28-24)18-5-4-17-12-20(26)8-6-16(17)11-18;/h4-6,8,11-13,19,22-23H,3,7,9-10H2,1-2H3,(H,27,28);/q-1;/t19-,22-,23+;/m1./s1. The molecule has 2 aromatic carbocycles. The maximum absolute atomic E-state index is 13.0. The summed E-state index contributed by atoms with van der Waals surface area (Å²) >= 11 is 3.53. The number of aromatic amines is 1. The van der Waals surface area contributed by atoms with Crippen LogP contribution in [0.5, 0.6) is 0 Å². The molecule has 1 amide bonds. The molecule has 1 aliphatic carbocycles. The molecule has 1 saturated carbocycles. The zero-order valence-electron chi connectivity index (χ0n) is 17.9. The first-order valence-corrected chi connectivity index (χ1v) is 11.4. The zero-order chi connectivity index (χ0) is 21.7. The van der Waals surface area contributed by atoms with Crippen molar-refractivity contribution in [2.45, 2.75) is 45.2 Å². The summed E-state index contributed by atoms with van der Waals surface area (Å²) < 4.78 is 6.57. The van der Waals surface area contributed by atoms with Crippen molar-refractivity contribution in [3.05, 3.63) is 71.1 Å². The number of amides is 1. The van der Waals surface area contributed by atoms with Crippen molar-refractivity contribution in [2.75, 3.05) is 0 Å². The van der Waals surface area contributed by atoms with Crippen molar-refractivity contribution < 1.29 is 9.53 Å². The van der Waals surface area contributed by atoms with E-state index in [1.807, 2.05) is 17.2 Å². The van der Waals surface area contributed by atoms with Gasteiger partial charge >= 0.3 is 6.09 Å². The van der Waals surface area contributed by atoms with Gasteiger partial charge in [-0.15, -0.1) is 6.10 Å². The number of ether oxygens (including phenoxy) is 1. The molecule has 0 spiro atoms. The van der Waals surface area contributed by atoms with Crippen LogP contribution in [0.1, 0.15) is 45.0 Å². The Morgan fingerprint density at radius 2 is 1.97 bits per heavy atom. The normalized spacial score (nSPS) is 22.3. The van der Waals surface area contributed by atoms with Crippen LogP contribution in [0.4, 0.5) is 4.79 Å². The van der Waals surface area contributed by atoms with Crippen LogP contribution in [-0.4, -0.2) is 27.0 Å². The number of carbonyl (C=O) groups excluding carboxylic acids is 1. The van der Waals surface area contributed by atoms with Crippen molar-refractivity contribution in [1.29, 1.82) is 0 Å². The first-order chi connectivity index (χ1) is 14.9. The fraction of sp³-hybridized carbons (Fsp3) is 0.320. The minimum absolute atomic E-state index is 0. The zero-order valence-corrected chi connectivity index (χ0v) is 21.7. The summed E-state index contributed by atoms with van der Waals surface area (Å²) in [6.45, 7) is 7.91. The fourth-order valence-corrected chi connectivity index (χ4v) is 5.17. The smallest absolute Gasteiger partial charge is 0.379 e. The molecule has 1 saturated heterocycles. The monoisotopic (exact) mass is 740 g/mol. The number of imidazole rings is 1. The van der Waals surface area contributed by atoms with Gasteiger partial charge in [0, 0.05) is 16.1 Å². The van der Waals surface area contributed by atoms with E-state index >= 15 is 0 Å². The van der Waals surface area contributed by atoms with Crippen molar-refractivity contribution in [3.63, 3.8) is 0 Å². The van der Waals surface area contributed by atoms with Gasteiger partial charge in [0.1, 0.15) is 11.9 Å². The second-order valence-corrected chi connectivity index (χ2v) is 9.66. The van der Waals surface area contributed by atoms with Crippen LogP contribution in [0.15, 0.2) is 59.2 Å². The van der Waals surface area contributed by atoms with Crippen molar-refractivity contribution >= 4 is 32.8 Å². The van der Waals surface area contributed by atoms with Crippen molar-refractivity contribution in [1.82, 2.24) is 14.9 Å². The molecule has 1 aromatic heterocycles. The maximum atomic E-state index is 13.0. The molecule has 1 N–H and O–H groups in total. The number of hydrogen-bond donors (Lipinski definition) is 1. The molecule has 0 bridgehead atoms. The van der Waals surface area contributed by atoms with Crippen LogP contribution in [-0.2, 0) is 4.74 Å². The number of carbonyl (C=O) groups is 1. The number of nitrogens with zero attached hydrogens (tertiary/aromatic N) is 2. The number of halogens is 1. The van der Waals surface area contributed by atoms with Crippen molar-refractivity contribution in [3.8, 4) is 11.3 Å². The Balaban J connectivity index is 0.00000245. The first-order valence-electron chi connectivity index (χ1n) is 10.6. The van der Waals surface area contributed by atoms with E-state index in [4.69, 9.17) is 4.74 Å². The molecule has 32 heavy (non-hydrogen) atoms. The summed E-state index contributed by atoms with van der Waals surface area (Å²) in [5.41, 5.74) is 2.99. The van der Waals surface area contributed by atoms with Crippen LogP contribution in [0.25, 0.3) is 22.0 Å². The van der Waals surface area contributed by atoms with E-state index in [1.54, 1.807) is 13.8 Å². The molecule has 0 unspecified atom stereocenters. The minimum atomic E-state index is -0.310. The quantitative estimate of drug-likeness (QED) is 0.238. The Morgan fingerprint density at radius 1 is 1.22 bits per heavy atom. The molecule has 1 radical (unpaired) electrons. The molecule has 2 aliphatic rings.